The van der Waals surface area contributed by atoms with Crippen LogP contribution in [0, 0.1) is 5.41 Å². The maximum Gasteiger partial charge on any atom is 0.262 e. The fourth-order valence-electron chi connectivity index (χ4n) is 1.53. The molecule has 0 aliphatic rings. The van der Waals surface area contributed by atoms with Gasteiger partial charge in [0.1, 0.15) is 4.90 Å². The first-order valence-corrected chi connectivity index (χ1v) is 9.20. The van der Waals surface area contributed by atoms with Crippen LogP contribution < -0.4 is 5.32 Å². The maximum absolute atomic E-state index is 12.0. The van der Waals surface area contributed by atoms with Crippen molar-refractivity contribution in [2.75, 3.05) is 6.54 Å². The van der Waals surface area contributed by atoms with Gasteiger partial charge in [0.25, 0.3) is 15.0 Å². The van der Waals surface area contributed by atoms with Gasteiger partial charge in [0.2, 0.25) is 0 Å². The molecule has 4 nitrogen and oxygen atoms in total. The number of benzene rings is 1. The summed E-state index contributed by atoms with van der Waals surface area (Å²) in [6, 6.07) is 2.42. The van der Waals surface area contributed by atoms with Crippen LogP contribution in [0.1, 0.15) is 37.6 Å². The Kier molecular flexibility index (Phi) is 5.95. The van der Waals surface area contributed by atoms with Gasteiger partial charge in [0.15, 0.2) is 0 Å². The molecule has 0 unspecified atom stereocenters. The van der Waals surface area contributed by atoms with Crippen molar-refractivity contribution >= 4 is 48.8 Å². The van der Waals surface area contributed by atoms with Gasteiger partial charge in [-0.15, -0.1) is 0 Å². The highest BCUT2D eigenvalue weighted by Crippen LogP contribution is 2.32. The second-order valence-corrected chi connectivity index (χ2v) is 9.09. The Morgan fingerprint density at radius 3 is 2.29 bits per heavy atom. The summed E-state index contributed by atoms with van der Waals surface area (Å²) >= 11 is 11.6. The van der Waals surface area contributed by atoms with Crippen molar-refractivity contribution in [2.24, 2.45) is 5.41 Å². The monoisotopic (exact) mass is 371 g/mol. The number of carbonyl (C=O) groups excluding carboxylic acids is 1. The zero-order chi connectivity index (χ0) is 16.4. The van der Waals surface area contributed by atoms with Gasteiger partial charge in [-0.1, -0.05) is 44.0 Å². The first-order valence-electron chi connectivity index (χ1n) is 6.14. The van der Waals surface area contributed by atoms with Gasteiger partial charge < -0.3 is 5.32 Å². The van der Waals surface area contributed by atoms with Crippen molar-refractivity contribution in [1.29, 1.82) is 0 Å². The van der Waals surface area contributed by atoms with Crippen molar-refractivity contribution in [3.05, 3.63) is 27.7 Å². The molecule has 0 heterocycles. The summed E-state index contributed by atoms with van der Waals surface area (Å²) in [5.41, 5.74) is 0.174. The zero-order valence-corrected chi connectivity index (χ0v) is 14.9. The molecule has 1 rings (SSSR count). The molecule has 0 spiro atoms. The van der Waals surface area contributed by atoms with Crippen molar-refractivity contribution in [1.82, 2.24) is 5.32 Å². The summed E-state index contributed by atoms with van der Waals surface area (Å²) in [4.78, 5) is 11.6. The molecule has 1 N–H and O–H groups in total. The lowest BCUT2D eigenvalue weighted by molar-refractivity contribution is 0.0949. The summed E-state index contributed by atoms with van der Waals surface area (Å²) in [6.45, 7) is 6.62. The molecule has 0 atom stereocenters. The molecule has 1 amide bonds. The Morgan fingerprint density at radius 1 is 1.24 bits per heavy atom. The molecular formula is C13H16Cl3NO3S. The minimum absolute atomic E-state index is 0.0423. The van der Waals surface area contributed by atoms with Crippen LogP contribution in [0.4, 0.5) is 0 Å². The molecule has 0 aliphatic heterocycles. The fourth-order valence-corrected chi connectivity index (χ4v) is 3.29. The van der Waals surface area contributed by atoms with E-state index in [1.807, 2.05) is 0 Å². The number of hydrogen-bond donors (Lipinski definition) is 1. The number of amides is 1. The van der Waals surface area contributed by atoms with E-state index in [4.69, 9.17) is 33.9 Å². The molecule has 0 radical (unpaired) electrons. The van der Waals surface area contributed by atoms with E-state index in [-0.39, 0.29) is 25.9 Å². The Labute approximate surface area is 139 Å². The van der Waals surface area contributed by atoms with Crippen LogP contribution in [0.2, 0.25) is 10.0 Å². The normalized spacial score (nSPS) is 12.3. The number of halogens is 3. The van der Waals surface area contributed by atoms with E-state index in [2.05, 4.69) is 26.1 Å². The Morgan fingerprint density at radius 2 is 1.81 bits per heavy atom. The lowest BCUT2D eigenvalue weighted by Crippen LogP contribution is -2.27. The molecule has 0 aromatic heterocycles. The SMILES string of the molecule is CC(C)(C)CCNC(=O)c1cc(Cl)c(Cl)c(S(=O)(=O)Cl)c1. The van der Waals surface area contributed by atoms with Crippen molar-refractivity contribution in [3.8, 4) is 0 Å². The van der Waals surface area contributed by atoms with E-state index >= 15 is 0 Å². The molecule has 8 heteroatoms. The number of hydrogen-bond acceptors (Lipinski definition) is 3. The minimum atomic E-state index is -4.08. The number of nitrogens with one attached hydrogen (secondary N) is 1. The van der Waals surface area contributed by atoms with Crippen LogP contribution in [-0.4, -0.2) is 20.9 Å². The van der Waals surface area contributed by atoms with E-state index in [0.717, 1.165) is 12.5 Å². The van der Waals surface area contributed by atoms with E-state index in [0.29, 0.717) is 6.54 Å². The van der Waals surface area contributed by atoms with Gasteiger partial charge in [-0.05, 0) is 24.0 Å². The predicted molar refractivity (Wildman–Crippen MR) is 85.9 cm³/mol. The third kappa shape index (κ3) is 5.66. The zero-order valence-electron chi connectivity index (χ0n) is 11.8. The summed E-state index contributed by atoms with van der Waals surface area (Å²) in [7, 11) is 1.19. The van der Waals surface area contributed by atoms with Crippen LogP contribution in [0.3, 0.4) is 0 Å². The van der Waals surface area contributed by atoms with Crippen molar-refractivity contribution in [2.45, 2.75) is 32.1 Å². The first-order chi connectivity index (χ1) is 9.42. The highest BCUT2D eigenvalue weighted by atomic mass is 35.7. The maximum atomic E-state index is 12.0. The van der Waals surface area contributed by atoms with Gasteiger partial charge in [-0.3, -0.25) is 4.79 Å². The van der Waals surface area contributed by atoms with Gasteiger partial charge in [-0.2, -0.15) is 0 Å². The molecule has 1 aromatic rings. The lowest BCUT2D eigenvalue weighted by Gasteiger charge is -2.18. The molecular weight excluding hydrogens is 357 g/mol. The topological polar surface area (TPSA) is 63.2 Å². The van der Waals surface area contributed by atoms with E-state index in [1.54, 1.807) is 0 Å². The van der Waals surface area contributed by atoms with Gasteiger partial charge in [-0.25, -0.2) is 8.42 Å². The molecule has 0 saturated carbocycles. The summed E-state index contributed by atoms with van der Waals surface area (Å²) in [6.07, 6.45) is 0.778. The average molecular weight is 373 g/mol. The highest BCUT2D eigenvalue weighted by molar-refractivity contribution is 8.13. The first kappa shape index (κ1) is 18.6. The Bertz CT molecular complexity index is 651. The van der Waals surface area contributed by atoms with Crippen LogP contribution in [0.25, 0.3) is 0 Å². The van der Waals surface area contributed by atoms with E-state index in [1.165, 1.54) is 6.07 Å². The number of carbonyl (C=O) groups is 1. The molecule has 21 heavy (non-hydrogen) atoms. The third-order valence-corrected chi connectivity index (χ3v) is 4.94. The second kappa shape index (κ2) is 6.73. The van der Waals surface area contributed by atoms with Gasteiger partial charge >= 0.3 is 0 Å². The Balaban J connectivity index is 2.99. The molecule has 1 aromatic carbocycles. The summed E-state index contributed by atoms with van der Waals surface area (Å²) < 4.78 is 22.8. The average Bonchev–Trinajstić information content (AvgIpc) is 2.29. The summed E-state index contributed by atoms with van der Waals surface area (Å²) in [5.74, 6) is -0.431. The molecule has 0 bridgehead atoms. The van der Waals surface area contributed by atoms with E-state index in [9.17, 15) is 13.2 Å². The Hall–Kier alpha value is -0.490. The molecule has 0 saturated heterocycles. The standard InChI is InChI=1S/C13H16Cl3NO3S/c1-13(2,3)4-5-17-12(18)8-6-9(14)11(15)10(7-8)21(16,19)20/h6-7H,4-5H2,1-3H3,(H,17,18). The van der Waals surface area contributed by atoms with Crippen molar-refractivity contribution < 1.29 is 13.2 Å². The predicted octanol–water partition coefficient (Wildman–Crippen LogP) is 4.09. The fraction of sp³-hybridized carbons (Fsp3) is 0.462. The second-order valence-electron chi connectivity index (χ2n) is 5.77. The quantitative estimate of drug-likeness (QED) is 0.810. The number of rotatable bonds is 4. The van der Waals surface area contributed by atoms with Crippen LogP contribution in [-0.2, 0) is 9.05 Å². The van der Waals surface area contributed by atoms with Crippen LogP contribution >= 0.6 is 33.9 Å². The van der Waals surface area contributed by atoms with Crippen molar-refractivity contribution in [3.63, 3.8) is 0 Å². The van der Waals surface area contributed by atoms with Gasteiger partial charge in [0.05, 0.1) is 10.0 Å². The van der Waals surface area contributed by atoms with Gasteiger partial charge in [0, 0.05) is 22.8 Å². The highest BCUT2D eigenvalue weighted by Gasteiger charge is 2.21. The summed E-state index contributed by atoms with van der Waals surface area (Å²) in [5, 5.41) is 2.46. The molecule has 118 valence electrons. The van der Waals surface area contributed by atoms with Crippen LogP contribution in [0.15, 0.2) is 17.0 Å². The largest absolute Gasteiger partial charge is 0.352 e. The van der Waals surface area contributed by atoms with Crippen LogP contribution in [0.5, 0.6) is 0 Å². The molecule has 0 aliphatic carbocycles. The minimum Gasteiger partial charge on any atom is -0.352 e. The lowest BCUT2D eigenvalue weighted by atomic mass is 9.92. The third-order valence-electron chi connectivity index (χ3n) is 2.68. The smallest absolute Gasteiger partial charge is 0.262 e. The molecule has 0 fully saturated rings. The van der Waals surface area contributed by atoms with E-state index < -0.39 is 15.0 Å².